The molecule has 21 heavy (non-hydrogen) atoms. The Labute approximate surface area is 120 Å². The van der Waals surface area contributed by atoms with Gasteiger partial charge in [-0.05, 0) is 0 Å². The van der Waals surface area contributed by atoms with E-state index in [1.54, 1.807) is 0 Å². The number of hydrogen-bond donors (Lipinski definition) is 3. The lowest BCUT2D eigenvalue weighted by Gasteiger charge is -2.34. The molecule has 0 bridgehead atoms. The smallest absolute Gasteiger partial charge is 0.318 e. The molecule has 0 radical (unpaired) electrons. The van der Waals surface area contributed by atoms with E-state index in [0.29, 0.717) is 5.82 Å². The number of hydrogen-bond acceptors (Lipinski definition) is 6. The van der Waals surface area contributed by atoms with Crippen LogP contribution < -0.4 is 5.32 Å². The molecule has 1 aromatic rings. The lowest BCUT2D eigenvalue weighted by atomic mass is 10.2. The number of carbonyl (C=O) groups is 2. The molecule has 1 fully saturated rings. The quantitative estimate of drug-likeness (QED) is 0.618. The number of aromatic amines is 1. The Kier molecular flexibility index (Phi) is 4.40. The van der Waals surface area contributed by atoms with Crippen molar-refractivity contribution in [2.24, 2.45) is 0 Å². The molecule has 10 nitrogen and oxygen atoms in total. The highest BCUT2D eigenvalue weighted by molar-refractivity contribution is 7.91. The number of carboxylic acids is 1. The zero-order valence-electron chi connectivity index (χ0n) is 11.0. The summed E-state index contributed by atoms with van der Waals surface area (Å²) in [6.45, 7) is 0.0738. The Morgan fingerprint density at radius 1 is 1.52 bits per heavy atom. The van der Waals surface area contributed by atoms with Crippen LogP contribution in [0.15, 0.2) is 6.33 Å². The predicted octanol–water partition coefficient (Wildman–Crippen LogP) is -1.41. The molecule has 11 heteroatoms. The number of H-pyrrole nitrogens is 1. The zero-order chi connectivity index (χ0) is 15.5. The highest BCUT2D eigenvalue weighted by atomic mass is 32.2. The molecule has 0 saturated carbocycles. The van der Waals surface area contributed by atoms with Gasteiger partial charge in [0.05, 0.1) is 30.5 Å². The van der Waals surface area contributed by atoms with Crippen molar-refractivity contribution in [3.05, 3.63) is 12.2 Å². The van der Waals surface area contributed by atoms with Crippen LogP contribution in [-0.2, 0) is 21.2 Å². The van der Waals surface area contributed by atoms with Gasteiger partial charge in [-0.15, -0.1) is 0 Å². The van der Waals surface area contributed by atoms with Crippen molar-refractivity contribution < 1.29 is 23.1 Å². The fraction of sp³-hybridized carbons (Fsp3) is 0.600. The molecule has 1 unspecified atom stereocenters. The number of nitrogens with one attached hydrogen (secondary N) is 2. The molecule has 1 aromatic heterocycles. The van der Waals surface area contributed by atoms with E-state index in [9.17, 15) is 18.0 Å². The summed E-state index contributed by atoms with van der Waals surface area (Å²) in [7, 11) is -3.32. The molecule has 116 valence electrons. The van der Waals surface area contributed by atoms with E-state index in [4.69, 9.17) is 5.11 Å². The van der Waals surface area contributed by atoms with Crippen molar-refractivity contribution in [1.29, 1.82) is 0 Å². The second-order valence-electron chi connectivity index (χ2n) is 4.65. The van der Waals surface area contributed by atoms with E-state index >= 15 is 0 Å². The van der Waals surface area contributed by atoms with Gasteiger partial charge in [0.25, 0.3) is 0 Å². The Morgan fingerprint density at radius 2 is 2.29 bits per heavy atom. The van der Waals surface area contributed by atoms with Crippen LogP contribution in [-0.4, -0.2) is 69.7 Å². The van der Waals surface area contributed by atoms with E-state index in [-0.39, 0.29) is 24.6 Å². The summed E-state index contributed by atoms with van der Waals surface area (Å²) < 4.78 is 23.2. The molecule has 1 atom stereocenters. The van der Waals surface area contributed by atoms with E-state index < -0.39 is 34.3 Å². The van der Waals surface area contributed by atoms with Gasteiger partial charge in [0, 0.05) is 6.54 Å². The maximum absolute atomic E-state index is 12.1. The molecule has 1 saturated heterocycles. The minimum Gasteiger partial charge on any atom is -0.481 e. The normalized spacial score (nSPS) is 21.0. The largest absolute Gasteiger partial charge is 0.481 e. The number of aliphatic carboxylic acids is 1. The van der Waals surface area contributed by atoms with Gasteiger partial charge in [-0.1, -0.05) is 0 Å². The van der Waals surface area contributed by atoms with Crippen molar-refractivity contribution in [2.45, 2.75) is 19.0 Å². The third kappa shape index (κ3) is 4.15. The Balaban J connectivity index is 2.01. The fourth-order valence-corrected chi connectivity index (χ4v) is 3.63. The number of aromatic nitrogens is 3. The summed E-state index contributed by atoms with van der Waals surface area (Å²) in [6, 6.07) is -1.39. The molecule has 1 aliphatic rings. The number of amides is 2. The summed E-state index contributed by atoms with van der Waals surface area (Å²) >= 11 is 0. The summed E-state index contributed by atoms with van der Waals surface area (Å²) in [5, 5.41) is 17.6. The third-order valence-electron chi connectivity index (χ3n) is 3.07. The van der Waals surface area contributed by atoms with Gasteiger partial charge in [-0.25, -0.2) is 18.2 Å². The Morgan fingerprint density at radius 3 is 2.90 bits per heavy atom. The molecule has 2 rings (SSSR count). The minimum atomic E-state index is -3.32. The van der Waals surface area contributed by atoms with Crippen LogP contribution in [0.1, 0.15) is 12.2 Å². The topological polar surface area (TPSA) is 145 Å². The first kappa shape index (κ1) is 15.2. The molecule has 0 spiro atoms. The minimum absolute atomic E-state index is 0.0253. The first-order valence-corrected chi connectivity index (χ1v) is 8.00. The van der Waals surface area contributed by atoms with E-state index in [0.717, 1.165) is 0 Å². The number of carboxylic acid groups (broad SMARTS) is 1. The van der Waals surface area contributed by atoms with Gasteiger partial charge < -0.3 is 15.3 Å². The molecule has 2 amide bonds. The van der Waals surface area contributed by atoms with Crippen LogP contribution in [0.4, 0.5) is 4.79 Å². The summed E-state index contributed by atoms with van der Waals surface area (Å²) in [4.78, 5) is 28.0. The van der Waals surface area contributed by atoms with Gasteiger partial charge in [0.2, 0.25) is 0 Å². The van der Waals surface area contributed by atoms with Crippen LogP contribution >= 0.6 is 0 Å². The average molecular weight is 317 g/mol. The number of carbonyl (C=O) groups excluding carboxylic acids is 1. The molecule has 0 aromatic carbocycles. The maximum atomic E-state index is 12.1. The lowest BCUT2D eigenvalue weighted by molar-refractivity contribution is -0.138. The van der Waals surface area contributed by atoms with Crippen molar-refractivity contribution >= 4 is 21.8 Å². The molecule has 0 aliphatic carbocycles. The van der Waals surface area contributed by atoms with E-state index in [2.05, 4.69) is 20.5 Å². The number of rotatable bonds is 4. The van der Waals surface area contributed by atoms with Crippen molar-refractivity contribution in [3.63, 3.8) is 0 Å². The molecular formula is C10H15N5O5S. The van der Waals surface area contributed by atoms with Crippen LogP contribution in [0.5, 0.6) is 0 Å². The van der Waals surface area contributed by atoms with Gasteiger partial charge >= 0.3 is 12.0 Å². The average Bonchev–Trinajstić information content (AvgIpc) is 2.87. The summed E-state index contributed by atoms with van der Waals surface area (Å²) in [5.41, 5.74) is 0. The van der Waals surface area contributed by atoms with Crippen LogP contribution in [0.3, 0.4) is 0 Å². The Bertz CT molecular complexity index is 614. The highest BCUT2D eigenvalue weighted by Gasteiger charge is 2.35. The van der Waals surface area contributed by atoms with Crippen molar-refractivity contribution in [2.75, 3.05) is 18.1 Å². The van der Waals surface area contributed by atoms with E-state index in [1.807, 2.05) is 0 Å². The van der Waals surface area contributed by atoms with Crippen molar-refractivity contribution in [1.82, 2.24) is 25.4 Å². The zero-order valence-corrected chi connectivity index (χ0v) is 11.8. The Hall–Kier alpha value is -2.17. The first-order valence-electron chi connectivity index (χ1n) is 6.18. The maximum Gasteiger partial charge on any atom is 0.318 e. The molecule has 2 heterocycles. The second-order valence-corrected chi connectivity index (χ2v) is 6.88. The SMILES string of the molecule is O=C(O)CC1CS(=O)(=O)CCN1C(=O)NCc1ncn[nH]1. The predicted molar refractivity (Wildman–Crippen MR) is 70.0 cm³/mol. The van der Waals surface area contributed by atoms with Crippen LogP contribution in [0.2, 0.25) is 0 Å². The van der Waals surface area contributed by atoms with Gasteiger partial charge in [-0.2, -0.15) is 5.10 Å². The van der Waals surface area contributed by atoms with Crippen LogP contribution in [0.25, 0.3) is 0 Å². The highest BCUT2D eigenvalue weighted by Crippen LogP contribution is 2.15. The molecule has 3 N–H and O–H groups in total. The second kappa shape index (κ2) is 6.08. The number of urea groups is 1. The fourth-order valence-electron chi connectivity index (χ4n) is 2.10. The molecular weight excluding hydrogens is 302 g/mol. The number of nitrogens with zero attached hydrogens (tertiary/aromatic N) is 3. The molecule has 1 aliphatic heterocycles. The van der Waals surface area contributed by atoms with Gasteiger partial charge in [0.15, 0.2) is 9.84 Å². The van der Waals surface area contributed by atoms with Gasteiger partial charge in [0.1, 0.15) is 12.2 Å². The standard InChI is InChI=1S/C10H15N5O5S/c16-9(17)3-7-5-21(19,20)2-1-15(7)10(18)11-4-8-12-6-13-14-8/h6-7H,1-5H2,(H,11,18)(H,16,17)(H,12,13,14). The monoisotopic (exact) mass is 317 g/mol. The van der Waals surface area contributed by atoms with Gasteiger partial charge in [-0.3, -0.25) is 9.89 Å². The first-order chi connectivity index (χ1) is 9.87. The van der Waals surface area contributed by atoms with Crippen LogP contribution in [0, 0.1) is 0 Å². The summed E-state index contributed by atoms with van der Waals surface area (Å²) in [6.07, 6.45) is 0.886. The lowest BCUT2D eigenvalue weighted by Crippen LogP contribution is -2.54. The summed E-state index contributed by atoms with van der Waals surface area (Å²) in [5.74, 6) is -1.21. The van der Waals surface area contributed by atoms with E-state index in [1.165, 1.54) is 11.2 Å². The number of sulfone groups is 1. The third-order valence-corrected chi connectivity index (χ3v) is 4.77. The van der Waals surface area contributed by atoms with Crippen molar-refractivity contribution in [3.8, 4) is 0 Å².